The van der Waals surface area contributed by atoms with Crippen molar-refractivity contribution in [1.82, 2.24) is 4.98 Å². The Hall–Kier alpha value is -1.79. The lowest BCUT2D eigenvalue weighted by atomic mass is 10.2. The summed E-state index contributed by atoms with van der Waals surface area (Å²) in [6, 6.07) is 8.09. The maximum absolute atomic E-state index is 12.5. The molecule has 0 spiro atoms. The third-order valence-electron chi connectivity index (χ3n) is 2.83. The smallest absolute Gasteiger partial charge is 0.265 e. The van der Waals surface area contributed by atoms with Crippen LogP contribution in [-0.2, 0) is 10.0 Å². The molecule has 0 amide bonds. The van der Waals surface area contributed by atoms with E-state index in [9.17, 15) is 8.42 Å². The molecule has 0 aliphatic rings. The number of rotatable bonds is 5. The van der Waals surface area contributed by atoms with Crippen molar-refractivity contribution in [3.8, 4) is 0 Å². The van der Waals surface area contributed by atoms with Crippen molar-refractivity contribution in [1.29, 1.82) is 0 Å². The number of sulfonamides is 1. The lowest BCUT2D eigenvalue weighted by Crippen LogP contribution is -2.16. The summed E-state index contributed by atoms with van der Waals surface area (Å²) in [5.41, 5.74) is 1.30. The van der Waals surface area contributed by atoms with Crippen molar-refractivity contribution < 1.29 is 8.42 Å². The highest BCUT2D eigenvalue weighted by molar-refractivity contribution is 7.92. The number of anilines is 2. The van der Waals surface area contributed by atoms with Crippen LogP contribution in [0.3, 0.4) is 0 Å². The fourth-order valence-corrected chi connectivity index (χ4v) is 3.14. The number of halogens is 1. The quantitative estimate of drug-likeness (QED) is 0.885. The third-order valence-corrected chi connectivity index (χ3v) is 4.65. The topological polar surface area (TPSA) is 71.1 Å². The van der Waals surface area contributed by atoms with E-state index in [0.717, 1.165) is 5.56 Å². The molecule has 0 fully saturated rings. The first-order valence-corrected chi connectivity index (χ1v) is 8.28. The number of aromatic nitrogens is 1. The zero-order chi connectivity index (χ0) is 15.5. The maximum Gasteiger partial charge on any atom is 0.265 e. The van der Waals surface area contributed by atoms with Gasteiger partial charge in [-0.25, -0.2) is 13.4 Å². The van der Waals surface area contributed by atoms with Crippen molar-refractivity contribution >= 4 is 33.1 Å². The Morgan fingerprint density at radius 1 is 1.29 bits per heavy atom. The number of hydrogen-bond donors (Lipinski definition) is 2. The average molecular weight is 326 g/mol. The molecule has 0 saturated heterocycles. The highest BCUT2D eigenvalue weighted by Gasteiger charge is 2.19. The van der Waals surface area contributed by atoms with Gasteiger partial charge in [-0.1, -0.05) is 17.7 Å². The van der Waals surface area contributed by atoms with E-state index in [-0.39, 0.29) is 4.90 Å². The van der Waals surface area contributed by atoms with Crippen molar-refractivity contribution in [3.63, 3.8) is 0 Å². The summed E-state index contributed by atoms with van der Waals surface area (Å²) in [7, 11) is -3.73. The molecule has 0 atom stereocenters. The van der Waals surface area contributed by atoms with Crippen LogP contribution in [0.15, 0.2) is 41.4 Å². The first kappa shape index (κ1) is 15.6. The Bertz CT molecular complexity index is 748. The van der Waals surface area contributed by atoms with Crippen LogP contribution in [0, 0.1) is 6.92 Å². The van der Waals surface area contributed by atoms with Crippen LogP contribution >= 0.6 is 11.6 Å². The zero-order valence-electron chi connectivity index (χ0n) is 11.7. The lowest BCUT2D eigenvalue weighted by Gasteiger charge is -2.12. The number of hydrogen-bond acceptors (Lipinski definition) is 4. The summed E-state index contributed by atoms with van der Waals surface area (Å²) in [5, 5.41) is 3.44. The molecule has 5 nitrogen and oxygen atoms in total. The van der Waals surface area contributed by atoms with E-state index < -0.39 is 10.0 Å². The Kier molecular flexibility index (Phi) is 4.69. The highest BCUT2D eigenvalue weighted by atomic mass is 35.5. The summed E-state index contributed by atoms with van der Waals surface area (Å²) < 4.78 is 27.4. The van der Waals surface area contributed by atoms with Crippen LogP contribution in [0.1, 0.15) is 12.5 Å². The Morgan fingerprint density at radius 2 is 2.05 bits per heavy atom. The number of pyridine rings is 1. The second-order valence-electron chi connectivity index (χ2n) is 4.45. The highest BCUT2D eigenvalue weighted by Crippen LogP contribution is 2.24. The molecule has 1 heterocycles. The van der Waals surface area contributed by atoms with Gasteiger partial charge in [0.15, 0.2) is 0 Å². The van der Waals surface area contributed by atoms with Crippen LogP contribution in [0.2, 0.25) is 5.02 Å². The SMILES string of the molecule is CCNc1ncccc1S(=O)(=O)Nc1ccc(C)c(Cl)c1. The first-order chi connectivity index (χ1) is 9.94. The van der Waals surface area contributed by atoms with Crippen molar-refractivity contribution in [2.45, 2.75) is 18.7 Å². The van der Waals surface area contributed by atoms with E-state index in [0.29, 0.717) is 23.1 Å². The molecule has 1 aromatic heterocycles. The van der Waals surface area contributed by atoms with Crippen LogP contribution in [0.4, 0.5) is 11.5 Å². The maximum atomic E-state index is 12.5. The van der Waals surface area contributed by atoms with Crippen molar-refractivity contribution in [2.75, 3.05) is 16.6 Å². The monoisotopic (exact) mass is 325 g/mol. The van der Waals surface area contributed by atoms with Gasteiger partial charge >= 0.3 is 0 Å². The molecule has 2 N–H and O–H groups in total. The number of aryl methyl sites for hydroxylation is 1. The van der Waals surface area contributed by atoms with Gasteiger partial charge in [-0.2, -0.15) is 0 Å². The van der Waals surface area contributed by atoms with Gasteiger partial charge in [-0.15, -0.1) is 0 Å². The first-order valence-electron chi connectivity index (χ1n) is 6.42. The molecule has 1 aromatic carbocycles. The van der Waals surface area contributed by atoms with Crippen molar-refractivity contribution in [3.05, 3.63) is 47.1 Å². The summed E-state index contributed by atoms with van der Waals surface area (Å²) in [6.45, 7) is 4.30. The summed E-state index contributed by atoms with van der Waals surface area (Å²) >= 11 is 6.01. The largest absolute Gasteiger partial charge is 0.369 e. The van der Waals surface area contributed by atoms with Crippen LogP contribution < -0.4 is 10.0 Å². The molecule has 0 aliphatic carbocycles. The van der Waals surface area contributed by atoms with Gasteiger partial charge in [0.2, 0.25) is 0 Å². The lowest BCUT2D eigenvalue weighted by molar-refractivity contribution is 0.601. The van der Waals surface area contributed by atoms with E-state index >= 15 is 0 Å². The van der Waals surface area contributed by atoms with Gasteiger partial charge in [0.25, 0.3) is 10.0 Å². The molecule has 112 valence electrons. The van der Waals surface area contributed by atoms with Crippen LogP contribution in [0.5, 0.6) is 0 Å². The van der Waals surface area contributed by atoms with Gasteiger partial charge in [-0.3, -0.25) is 4.72 Å². The van der Waals surface area contributed by atoms with Crippen molar-refractivity contribution in [2.24, 2.45) is 0 Å². The summed E-state index contributed by atoms with van der Waals surface area (Å²) in [6.07, 6.45) is 1.54. The molecule has 7 heteroatoms. The predicted octanol–water partition coefficient (Wildman–Crippen LogP) is 3.28. The van der Waals surface area contributed by atoms with E-state index in [1.807, 2.05) is 13.8 Å². The molecule has 0 unspecified atom stereocenters. The molecule has 0 radical (unpaired) electrons. The van der Waals surface area contributed by atoms with Gasteiger partial charge < -0.3 is 5.32 Å². The number of benzene rings is 1. The zero-order valence-corrected chi connectivity index (χ0v) is 13.3. The predicted molar refractivity (Wildman–Crippen MR) is 85.4 cm³/mol. The van der Waals surface area contributed by atoms with Gasteiger partial charge in [0, 0.05) is 17.8 Å². The fraction of sp³-hybridized carbons (Fsp3) is 0.214. The number of nitrogens with one attached hydrogen (secondary N) is 2. The molecule has 0 aliphatic heterocycles. The fourth-order valence-electron chi connectivity index (χ4n) is 1.77. The van der Waals surface area contributed by atoms with E-state index in [1.54, 1.807) is 30.5 Å². The minimum absolute atomic E-state index is 0.101. The minimum Gasteiger partial charge on any atom is -0.369 e. The molecular formula is C14H16ClN3O2S. The molecular weight excluding hydrogens is 310 g/mol. The van der Waals surface area contributed by atoms with E-state index in [4.69, 9.17) is 11.6 Å². The molecule has 21 heavy (non-hydrogen) atoms. The molecule has 0 bridgehead atoms. The standard InChI is InChI=1S/C14H16ClN3O2S/c1-3-16-14-13(5-4-8-17-14)21(19,20)18-11-7-6-10(2)12(15)9-11/h4-9,18H,3H2,1-2H3,(H,16,17). The van der Waals surface area contributed by atoms with Crippen LogP contribution in [0.25, 0.3) is 0 Å². The Balaban J connectivity index is 2.36. The van der Waals surface area contributed by atoms with E-state index in [1.165, 1.54) is 6.07 Å². The average Bonchev–Trinajstić information content (AvgIpc) is 2.43. The normalized spacial score (nSPS) is 11.2. The van der Waals surface area contributed by atoms with Crippen LogP contribution in [-0.4, -0.2) is 19.9 Å². The third kappa shape index (κ3) is 3.65. The Morgan fingerprint density at radius 3 is 2.71 bits per heavy atom. The molecule has 2 rings (SSSR count). The number of nitrogens with zero attached hydrogens (tertiary/aromatic N) is 1. The van der Waals surface area contributed by atoms with E-state index in [2.05, 4.69) is 15.0 Å². The second kappa shape index (κ2) is 6.32. The minimum atomic E-state index is -3.73. The second-order valence-corrected chi connectivity index (χ2v) is 6.51. The summed E-state index contributed by atoms with van der Waals surface area (Å²) in [5.74, 6) is 0.325. The Labute approximate surface area is 129 Å². The van der Waals surface area contributed by atoms with Gasteiger partial charge in [-0.05, 0) is 43.7 Å². The molecule has 2 aromatic rings. The molecule has 0 saturated carbocycles. The van der Waals surface area contributed by atoms with Gasteiger partial charge in [0.05, 0.1) is 5.69 Å². The summed E-state index contributed by atoms with van der Waals surface area (Å²) in [4.78, 5) is 4.15. The van der Waals surface area contributed by atoms with Gasteiger partial charge in [0.1, 0.15) is 10.7 Å².